The van der Waals surface area contributed by atoms with Crippen molar-refractivity contribution in [1.29, 1.82) is 0 Å². The quantitative estimate of drug-likeness (QED) is 0.639. The summed E-state index contributed by atoms with van der Waals surface area (Å²) in [6.45, 7) is 3.46. The Balaban J connectivity index is 2.93. The van der Waals surface area contributed by atoms with Crippen LogP contribution < -0.4 is 5.32 Å². The molecule has 0 aromatic heterocycles. The van der Waals surface area contributed by atoms with Crippen molar-refractivity contribution in [3.05, 3.63) is 23.8 Å². The lowest BCUT2D eigenvalue weighted by molar-refractivity contribution is -0.114. The second-order valence-electron chi connectivity index (χ2n) is 2.70. The molecule has 1 rings (SSSR count). The molecule has 2 nitrogen and oxygen atoms in total. The van der Waals surface area contributed by atoms with Gasteiger partial charge in [0.2, 0.25) is 5.91 Å². The first-order chi connectivity index (χ1) is 5.59. The molecule has 0 radical (unpaired) electrons. The van der Waals surface area contributed by atoms with Crippen LogP contribution in [0.2, 0.25) is 0 Å². The van der Waals surface area contributed by atoms with Gasteiger partial charge in [0.05, 0.1) is 5.69 Å². The van der Waals surface area contributed by atoms with Crippen LogP contribution in [0.5, 0.6) is 0 Å². The Kier molecular flexibility index (Phi) is 2.76. The third-order valence-corrected chi connectivity index (χ3v) is 1.83. The molecule has 0 unspecified atom stereocenters. The topological polar surface area (TPSA) is 29.1 Å². The van der Waals surface area contributed by atoms with E-state index in [1.54, 1.807) is 0 Å². The van der Waals surface area contributed by atoms with Crippen LogP contribution >= 0.6 is 12.6 Å². The average Bonchev–Trinajstić information content (AvgIpc) is 1.94. The highest BCUT2D eigenvalue weighted by Crippen LogP contribution is 2.20. The molecule has 0 aliphatic heterocycles. The first-order valence-corrected chi connectivity index (χ1v) is 4.11. The van der Waals surface area contributed by atoms with Gasteiger partial charge in [0, 0.05) is 11.8 Å². The van der Waals surface area contributed by atoms with Crippen molar-refractivity contribution in [2.75, 3.05) is 5.32 Å². The Morgan fingerprint density at radius 1 is 1.50 bits per heavy atom. The maximum absolute atomic E-state index is 10.7. The molecular weight excluding hydrogens is 170 g/mol. The summed E-state index contributed by atoms with van der Waals surface area (Å²) in [5, 5.41) is 2.68. The van der Waals surface area contributed by atoms with E-state index in [1.165, 1.54) is 6.92 Å². The Morgan fingerprint density at radius 3 is 2.67 bits per heavy atom. The van der Waals surface area contributed by atoms with E-state index in [0.717, 1.165) is 16.1 Å². The van der Waals surface area contributed by atoms with Crippen molar-refractivity contribution >= 4 is 24.2 Å². The van der Waals surface area contributed by atoms with Gasteiger partial charge in [-0.05, 0) is 24.6 Å². The van der Waals surface area contributed by atoms with Gasteiger partial charge >= 0.3 is 0 Å². The van der Waals surface area contributed by atoms with Gasteiger partial charge in [-0.1, -0.05) is 6.07 Å². The van der Waals surface area contributed by atoms with Gasteiger partial charge in [0.15, 0.2) is 0 Å². The van der Waals surface area contributed by atoms with E-state index in [2.05, 4.69) is 17.9 Å². The summed E-state index contributed by atoms with van der Waals surface area (Å²) in [5.41, 5.74) is 1.89. The first-order valence-electron chi connectivity index (χ1n) is 3.67. The van der Waals surface area contributed by atoms with Crippen LogP contribution in [0.25, 0.3) is 0 Å². The van der Waals surface area contributed by atoms with Crippen molar-refractivity contribution in [3.8, 4) is 0 Å². The number of amides is 1. The van der Waals surface area contributed by atoms with Crippen LogP contribution in [0.3, 0.4) is 0 Å². The van der Waals surface area contributed by atoms with Gasteiger partial charge < -0.3 is 5.32 Å². The lowest BCUT2D eigenvalue weighted by Gasteiger charge is -2.05. The smallest absolute Gasteiger partial charge is 0.221 e. The van der Waals surface area contributed by atoms with Crippen LogP contribution in [-0.4, -0.2) is 5.91 Å². The molecule has 0 atom stereocenters. The molecule has 1 aromatic rings. The minimum atomic E-state index is -0.0749. The summed E-state index contributed by atoms with van der Waals surface area (Å²) in [4.78, 5) is 11.5. The molecule has 64 valence electrons. The van der Waals surface area contributed by atoms with E-state index in [-0.39, 0.29) is 5.91 Å². The van der Waals surface area contributed by atoms with Gasteiger partial charge in [0.25, 0.3) is 0 Å². The van der Waals surface area contributed by atoms with Gasteiger partial charge in [-0.15, -0.1) is 12.6 Å². The lowest BCUT2D eigenvalue weighted by atomic mass is 10.2. The molecule has 0 spiro atoms. The van der Waals surface area contributed by atoms with Crippen LogP contribution in [0.4, 0.5) is 5.69 Å². The Morgan fingerprint density at radius 2 is 2.17 bits per heavy atom. The minimum absolute atomic E-state index is 0.0749. The predicted octanol–water partition coefficient (Wildman–Crippen LogP) is 2.24. The van der Waals surface area contributed by atoms with Gasteiger partial charge in [-0.3, -0.25) is 4.79 Å². The molecule has 0 bridgehead atoms. The van der Waals surface area contributed by atoms with E-state index in [9.17, 15) is 4.79 Å². The molecule has 1 amide bonds. The van der Waals surface area contributed by atoms with E-state index in [1.807, 2.05) is 25.1 Å². The van der Waals surface area contributed by atoms with Crippen LogP contribution in [0.1, 0.15) is 12.5 Å². The number of carbonyl (C=O) groups excluding carboxylic acids is 1. The van der Waals surface area contributed by atoms with Crippen LogP contribution in [0, 0.1) is 6.92 Å². The Hall–Kier alpha value is -0.960. The second-order valence-corrected chi connectivity index (χ2v) is 3.18. The minimum Gasteiger partial charge on any atom is -0.325 e. The number of hydrogen-bond donors (Lipinski definition) is 2. The summed E-state index contributed by atoms with van der Waals surface area (Å²) < 4.78 is 0. The summed E-state index contributed by atoms with van der Waals surface area (Å²) in [6, 6.07) is 5.69. The molecule has 3 heteroatoms. The van der Waals surface area contributed by atoms with Crippen molar-refractivity contribution in [3.63, 3.8) is 0 Å². The van der Waals surface area contributed by atoms with Gasteiger partial charge in [-0.2, -0.15) is 0 Å². The Labute approximate surface area is 77.4 Å². The summed E-state index contributed by atoms with van der Waals surface area (Å²) in [6.07, 6.45) is 0. The van der Waals surface area contributed by atoms with Crippen molar-refractivity contribution in [2.24, 2.45) is 0 Å². The second kappa shape index (κ2) is 3.63. The largest absolute Gasteiger partial charge is 0.325 e. The fraction of sp³-hybridized carbons (Fsp3) is 0.222. The number of thiol groups is 1. The number of hydrogen-bond acceptors (Lipinski definition) is 2. The van der Waals surface area contributed by atoms with E-state index in [0.29, 0.717) is 0 Å². The zero-order chi connectivity index (χ0) is 9.14. The molecule has 0 fully saturated rings. The fourth-order valence-corrected chi connectivity index (χ4v) is 1.27. The summed E-state index contributed by atoms with van der Waals surface area (Å²) >= 11 is 4.23. The number of carbonyl (C=O) groups is 1. The highest BCUT2D eigenvalue weighted by atomic mass is 32.1. The molecule has 0 saturated heterocycles. The monoisotopic (exact) mass is 181 g/mol. The van der Waals surface area contributed by atoms with Crippen molar-refractivity contribution < 1.29 is 4.79 Å². The van der Waals surface area contributed by atoms with E-state index >= 15 is 0 Å². The molecule has 0 saturated carbocycles. The number of rotatable bonds is 1. The predicted molar refractivity (Wildman–Crippen MR) is 52.7 cm³/mol. The van der Waals surface area contributed by atoms with E-state index in [4.69, 9.17) is 0 Å². The third-order valence-electron chi connectivity index (χ3n) is 1.46. The third kappa shape index (κ3) is 2.27. The molecule has 1 aromatic carbocycles. The molecular formula is C9H11NOS. The number of aryl methyl sites for hydroxylation is 1. The Bertz CT molecular complexity index is 309. The first kappa shape index (κ1) is 9.13. The molecule has 0 aliphatic rings. The van der Waals surface area contributed by atoms with Crippen LogP contribution in [-0.2, 0) is 4.79 Å². The zero-order valence-corrected chi connectivity index (χ0v) is 7.98. The molecule has 0 heterocycles. The summed E-state index contributed by atoms with van der Waals surface area (Å²) in [5.74, 6) is -0.0749. The number of benzene rings is 1. The van der Waals surface area contributed by atoms with Crippen molar-refractivity contribution in [1.82, 2.24) is 0 Å². The number of anilines is 1. The maximum atomic E-state index is 10.7. The molecule has 1 N–H and O–H groups in total. The van der Waals surface area contributed by atoms with Crippen LogP contribution in [0.15, 0.2) is 23.1 Å². The zero-order valence-electron chi connectivity index (χ0n) is 7.09. The van der Waals surface area contributed by atoms with Gasteiger partial charge in [-0.25, -0.2) is 0 Å². The average molecular weight is 181 g/mol. The number of nitrogens with one attached hydrogen (secondary N) is 1. The summed E-state index contributed by atoms with van der Waals surface area (Å²) in [7, 11) is 0. The van der Waals surface area contributed by atoms with Gasteiger partial charge in [0.1, 0.15) is 0 Å². The fourth-order valence-electron chi connectivity index (χ4n) is 0.937. The molecule has 0 aliphatic carbocycles. The standard InChI is InChI=1S/C9H11NOS/c1-6-3-4-8(9(12)5-6)10-7(2)11/h3-5,12H,1-2H3,(H,10,11). The SMILES string of the molecule is CC(=O)Nc1ccc(C)cc1S. The lowest BCUT2D eigenvalue weighted by Crippen LogP contribution is -2.06. The highest BCUT2D eigenvalue weighted by Gasteiger charge is 1.99. The maximum Gasteiger partial charge on any atom is 0.221 e. The van der Waals surface area contributed by atoms with Crippen molar-refractivity contribution in [2.45, 2.75) is 18.7 Å². The normalized spacial score (nSPS) is 9.58. The highest BCUT2D eigenvalue weighted by molar-refractivity contribution is 7.80. The van der Waals surface area contributed by atoms with E-state index < -0.39 is 0 Å². The molecule has 12 heavy (non-hydrogen) atoms.